The normalized spacial score (nSPS) is 12.2. The fourth-order valence-electron chi connectivity index (χ4n) is 4.28. The fraction of sp³-hybridized carbons (Fsp3) is 0.286. The molecule has 0 fully saturated rings. The van der Waals surface area contributed by atoms with E-state index in [1.165, 1.54) is 5.56 Å². The number of nitrogens with two attached hydrogens (primary N) is 1. The van der Waals surface area contributed by atoms with Crippen molar-refractivity contribution in [1.82, 2.24) is 4.57 Å². The minimum absolute atomic E-state index is 0.150. The van der Waals surface area contributed by atoms with Crippen LogP contribution in [0.2, 0.25) is 5.02 Å². The highest BCUT2D eigenvalue weighted by molar-refractivity contribution is 6.31. The lowest BCUT2D eigenvalue weighted by atomic mass is 9.97. The number of ketones is 1. The summed E-state index contributed by atoms with van der Waals surface area (Å²) < 4.78 is 8.00. The molecule has 0 aliphatic heterocycles. The molecule has 5 nitrogen and oxygen atoms in total. The van der Waals surface area contributed by atoms with Crippen molar-refractivity contribution in [3.05, 3.63) is 76.4 Å². The van der Waals surface area contributed by atoms with Crippen molar-refractivity contribution < 1.29 is 14.3 Å². The van der Waals surface area contributed by atoms with Crippen LogP contribution in [-0.2, 0) is 6.54 Å². The summed E-state index contributed by atoms with van der Waals surface area (Å²) in [5.41, 5.74) is 8.74. The summed E-state index contributed by atoms with van der Waals surface area (Å²) in [6, 6.07) is 15.0. The molecule has 1 heterocycles. The molecule has 0 radical (unpaired) electrons. The molecule has 176 valence electrons. The van der Waals surface area contributed by atoms with Crippen LogP contribution < -0.4 is 10.5 Å². The number of ether oxygens (including phenoxy) is 1. The van der Waals surface area contributed by atoms with E-state index in [1.54, 1.807) is 24.3 Å². The van der Waals surface area contributed by atoms with Crippen LogP contribution in [0.1, 0.15) is 65.8 Å². The van der Waals surface area contributed by atoms with Gasteiger partial charge in [0.2, 0.25) is 5.78 Å². The zero-order chi connectivity index (χ0) is 24.4. The van der Waals surface area contributed by atoms with Gasteiger partial charge in [-0.2, -0.15) is 0 Å². The Morgan fingerprint density at radius 3 is 2.53 bits per heavy atom. The quantitative estimate of drug-likeness (QED) is 0.272. The van der Waals surface area contributed by atoms with E-state index in [0.717, 1.165) is 41.1 Å². The SMILES string of the molecule is CCCn1cc(C(=O)COc2cc3ccc(Cl)cc3cc2C(N)=O)c2ccc(C(C)CC)cc21. The van der Waals surface area contributed by atoms with Crippen LogP contribution >= 0.6 is 11.6 Å². The Morgan fingerprint density at radius 1 is 1.03 bits per heavy atom. The van der Waals surface area contributed by atoms with Crippen LogP contribution in [0.4, 0.5) is 0 Å². The number of fused-ring (bicyclic) bond motifs is 2. The topological polar surface area (TPSA) is 74.3 Å². The molecule has 34 heavy (non-hydrogen) atoms. The van der Waals surface area contributed by atoms with Gasteiger partial charge in [0, 0.05) is 34.2 Å². The number of hydrogen-bond acceptors (Lipinski definition) is 3. The predicted octanol–water partition coefficient (Wildman–Crippen LogP) is 6.73. The van der Waals surface area contributed by atoms with Crippen molar-refractivity contribution >= 4 is 45.0 Å². The zero-order valence-corrected chi connectivity index (χ0v) is 20.5. The van der Waals surface area contributed by atoms with Crippen LogP contribution in [0, 0.1) is 0 Å². The molecule has 3 aromatic carbocycles. The highest BCUT2D eigenvalue weighted by Crippen LogP contribution is 2.30. The smallest absolute Gasteiger partial charge is 0.252 e. The van der Waals surface area contributed by atoms with Crippen molar-refractivity contribution in [2.45, 2.75) is 46.1 Å². The number of aromatic nitrogens is 1. The number of primary amides is 1. The van der Waals surface area contributed by atoms with Gasteiger partial charge in [-0.05, 0) is 65.4 Å². The molecular formula is C28H29ClN2O3. The molecule has 1 aromatic heterocycles. The first-order valence-electron chi connectivity index (χ1n) is 11.6. The molecule has 0 aliphatic rings. The van der Waals surface area contributed by atoms with Crippen molar-refractivity contribution in [3.8, 4) is 5.75 Å². The van der Waals surface area contributed by atoms with Gasteiger partial charge in [0.15, 0.2) is 6.61 Å². The van der Waals surface area contributed by atoms with E-state index in [9.17, 15) is 9.59 Å². The standard InChI is InChI=1S/C28H29ClN2O3/c1-4-10-31-15-24(22-9-7-18(13-25(22)31)17(3)5-2)26(32)16-34-27-14-19-6-8-21(29)11-20(19)12-23(27)28(30)33/h6-9,11-15,17H,4-5,10,16H2,1-3H3,(H2,30,33). The number of amides is 1. The first-order chi connectivity index (χ1) is 16.3. The molecule has 1 atom stereocenters. The molecule has 4 rings (SSSR count). The largest absolute Gasteiger partial charge is 0.485 e. The van der Waals surface area contributed by atoms with Gasteiger partial charge in [0.05, 0.1) is 5.56 Å². The van der Waals surface area contributed by atoms with Gasteiger partial charge in [-0.3, -0.25) is 9.59 Å². The van der Waals surface area contributed by atoms with Crippen molar-refractivity contribution in [2.24, 2.45) is 5.73 Å². The van der Waals surface area contributed by atoms with E-state index in [4.69, 9.17) is 22.1 Å². The summed E-state index contributed by atoms with van der Waals surface area (Å²) >= 11 is 6.07. The minimum Gasteiger partial charge on any atom is -0.485 e. The summed E-state index contributed by atoms with van der Waals surface area (Å²) in [6.45, 7) is 7.13. The fourth-order valence-corrected chi connectivity index (χ4v) is 4.46. The number of aryl methyl sites for hydroxylation is 1. The molecule has 0 aliphatic carbocycles. The Bertz CT molecular complexity index is 1390. The molecule has 0 saturated heterocycles. The molecule has 0 spiro atoms. The number of benzene rings is 3. The Kier molecular flexibility index (Phi) is 6.94. The Hall–Kier alpha value is -3.31. The number of carbonyl (C=O) groups excluding carboxylic acids is 2. The van der Waals surface area contributed by atoms with Crippen LogP contribution in [0.25, 0.3) is 21.7 Å². The number of rotatable bonds is 9. The third-order valence-electron chi connectivity index (χ3n) is 6.38. The molecule has 2 N–H and O–H groups in total. The van der Waals surface area contributed by atoms with Gasteiger partial charge in [-0.25, -0.2) is 0 Å². The maximum atomic E-state index is 13.2. The van der Waals surface area contributed by atoms with E-state index in [0.29, 0.717) is 16.5 Å². The van der Waals surface area contributed by atoms with Gasteiger partial charge in [0.1, 0.15) is 5.75 Å². The van der Waals surface area contributed by atoms with Crippen molar-refractivity contribution in [2.75, 3.05) is 6.61 Å². The average molecular weight is 477 g/mol. The second kappa shape index (κ2) is 9.90. The van der Waals surface area contributed by atoms with Crippen LogP contribution in [-0.4, -0.2) is 22.9 Å². The summed E-state index contributed by atoms with van der Waals surface area (Å²) in [7, 11) is 0. The summed E-state index contributed by atoms with van der Waals surface area (Å²) in [6.07, 6.45) is 3.93. The van der Waals surface area contributed by atoms with Crippen molar-refractivity contribution in [1.29, 1.82) is 0 Å². The first-order valence-corrected chi connectivity index (χ1v) is 12.0. The van der Waals surface area contributed by atoms with Crippen molar-refractivity contribution in [3.63, 3.8) is 0 Å². The Balaban J connectivity index is 1.66. The Morgan fingerprint density at radius 2 is 1.82 bits per heavy atom. The van der Waals surface area contributed by atoms with Crippen LogP contribution in [0.3, 0.4) is 0 Å². The molecule has 4 aromatic rings. The second-order valence-electron chi connectivity index (χ2n) is 8.74. The van der Waals surface area contributed by atoms with Gasteiger partial charge in [0.25, 0.3) is 5.91 Å². The third-order valence-corrected chi connectivity index (χ3v) is 6.61. The maximum Gasteiger partial charge on any atom is 0.252 e. The van der Waals surface area contributed by atoms with Gasteiger partial charge in [-0.15, -0.1) is 0 Å². The van der Waals surface area contributed by atoms with E-state index < -0.39 is 5.91 Å². The lowest BCUT2D eigenvalue weighted by molar-refractivity contribution is 0.0913. The van der Waals surface area contributed by atoms with E-state index in [-0.39, 0.29) is 23.7 Å². The maximum absolute atomic E-state index is 13.2. The molecule has 0 bridgehead atoms. The number of carbonyl (C=O) groups is 2. The van der Waals surface area contributed by atoms with E-state index in [2.05, 4.69) is 37.5 Å². The van der Waals surface area contributed by atoms with E-state index >= 15 is 0 Å². The monoisotopic (exact) mass is 476 g/mol. The molecule has 6 heteroatoms. The number of hydrogen-bond donors (Lipinski definition) is 1. The molecule has 1 unspecified atom stereocenters. The lowest BCUT2D eigenvalue weighted by Gasteiger charge is -2.11. The number of Topliss-reactive ketones (excluding diaryl/α,β-unsaturated/α-hetero) is 1. The van der Waals surface area contributed by atoms with Gasteiger partial charge < -0.3 is 15.0 Å². The zero-order valence-electron chi connectivity index (χ0n) is 19.7. The van der Waals surface area contributed by atoms with E-state index in [1.807, 2.05) is 18.3 Å². The lowest BCUT2D eigenvalue weighted by Crippen LogP contribution is -2.16. The van der Waals surface area contributed by atoms with Gasteiger partial charge in [-0.1, -0.05) is 50.6 Å². The minimum atomic E-state index is -0.624. The average Bonchev–Trinajstić information content (AvgIpc) is 3.19. The molecular weight excluding hydrogens is 448 g/mol. The highest BCUT2D eigenvalue weighted by Gasteiger charge is 2.19. The van der Waals surface area contributed by atoms with Gasteiger partial charge >= 0.3 is 0 Å². The van der Waals surface area contributed by atoms with Crippen LogP contribution in [0.5, 0.6) is 5.75 Å². The third kappa shape index (κ3) is 4.66. The first kappa shape index (κ1) is 23.8. The predicted molar refractivity (Wildman–Crippen MR) is 138 cm³/mol. The molecule has 0 saturated carbocycles. The highest BCUT2D eigenvalue weighted by atomic mass is 35.5. The number of halogens is 1. The Labute approximate surface area is 204 Å². The summed E-state index contributed by atoms with van der Waals surface area (Å²) in [5, 5.41) is 3.10. The molecule has 1 amide bonds. The number of nitrogens with zero attached hydrogens (tertiary/aromatic N) is 1. The van der Waals surface area contributed by atoms with Crippen LogP contribution in [0.15, 0.2) is 54.7 Å². The summed E-state index contributed by atoms with van der Waals surface area (Å²) in [4.78, 5) is 25.3. The second-order valence-corrected chi connectivity index (χ2v) is 9.17. The summed E-state index contributed by atoms with van der Waals surface area (Å²) in [5.74, 6) is -0.0388.